The first kappa shape index (κ1) is 8.73. The van der Waals surface area contributed by atoms with Gasteiger partial charge in [-0.2, -0.15) is 0 Å². The van der Waals surface area contributed by atoms with Gasteiger partial charge in [-0.05, 0) is 6.92 Å². The zero-order valence-corrected chi connectivity index (χ0v) is 6.90. The first-order valence-corrected chi connectivity index (χ1v) is 3.65. The maximum atomic E-state index is 10.6. The van der Waals surface area contributed by atoms with E-state index in [0.29, 0.717) is 0 Å². The number of primary amides is 1. The SMILES string of the molecule is C[C@@H](N)c1cncn1CC(N)=O. The van der Waals surface area contributed by atoms with Gasteiger partial charge in [0.05, 0.1) is 12.0 Å². The Morgan fingerprint density at radius 2 is 2.50 bits per heavy atom. The highest BCUT2D eigenvalue weighted by Gasteiger charge is 2.07. The molecule has 0 bridgehead atoms. The predicted octanol–water partition coefficient (Wildman–Crippen LogP) is -0.612. The van der Waals surface area contributed by atoms with Crippen molar-refractivity contribution in [3.05, 3.63) is 18.2 Å². The number of imidazole rings is 1. The van der Waals surface area contributed by atoms with Gasteiger partial charge in [-0.15, -0.1) is 0 Å². The van der Waals surface area contributed by atoms with Crippen LogP contribution in [0.15, 0.2) is 12.5 Å². The molecule has 0 aliphatic rings. The van der Waals surface area contributed by atoms with Crippen LogP contribution in [0.2, 0.25) is 0 Å². The lowest BCUT2D eigenvalue weighted by molar-refractivity contribution is -0.118. The highest BCUT2D eigenvalue weighted by atomic mass is 16.1. The molecule has 0 saturated carbocycles. The molecule has 0 aliphatic carbocycles. The highest BCUT2D eigenvalue weighted by molar-refractivity contribution is 5.73. The van der Waals surface area contributed by atoms with E-state index >= 15 is 0 Å². The van der Waals surface area contributed by atoms with E-state index in [2.05, 4.69) is 4.98 Å². The predicted molar refractivity (Wildman–Crippen MR) is 44.0 cm³/mol. The van der Waals surface area contributed by atoms with Crippen LogP contribution in [0.4, 0.5) is 0 Å². The summed E-state index contributed by atoms with van der Waals surface area (Å²) in [5, 5.41) is 0. The molecule has 1 aromatic rings. The van der Waals surface area contributed by atoms with E-state index in [1.165, 1.54) is 0 Å². The zero-order valence-electron chi connectivity index (χ0n) is 6.90. The molecular weight excluding hydrogens is 156 g/mol. The van der Waals surface area contributed by atoms with E-state index in [9.17, 15) is 4.79 Å². The Balaban J connectivity index is 2.84. The number of nitrogens with two attached hydrogens (primary N) is 2. The van der Waals surface area contributed by atoms with Crippen molar-refractivity contribution < 1.29 is 4.79 Å². The average Bonchev–Trinajstić information content (AvgIpc) is 2.33. The summed E-state index contributed by atoms with van der Waals surface area (Å²) in [6.45, 7) is 1.96. The second-order valence-corrected chi connectivity index (χ2v) is 2.70. The van der Waals surface area contributed by atoms with Gasteiger partial charge in [-0.1, -0.05) is 0 Å². The third kappa shape index (κ3) is 1.82. The molecule has 5 heteroatoms. The molecule has 1 aromatic heterocycles. The minimum Gasteiger partial charge on any atom is -0.368 e. The van der Waals surface area contributed by atoms with Crippen molar-refractivity contribution in [2.75, 3.05) is 0 Å². The molecule has 5 nitrogen and oxygen atoms in total. The lowest BCUT2D eigenvalue weighted by Gasteiger charge is -2.07. The summed E-state index contributed by atoms with van der Waals surface area (Å²) in [5.74, 6) is -0.394. The highest BCUT2D eigenvalue weighted by Crippen LogP contribution is 2.07. The van der Waals surface area contributed by atoms with Crippen molar-refractivity contribution in [3.8, 4) is 0 Å². The molecule has 0 aliphatic heterocycles. The van der Waals surface area contributed by atoms with E-state index in [4.69, 9.17) is 11.5 Å². The Kier molecular flexibility index (Phi) is 2.44. The first-order chi connectivity index (χ1) is 5.61. The summed E-state index contributed by atoms with van der Waals surface area (Å²) in [7, 11) is 0. The summed E-state index contributed by atoms with van der Waals surface area (Å²) in [6, 6.07) is -0.133. The quantitative estimate of drug-likeness (QED) is 0.631. The third-order valence-electron chi connectivity index (χ3n) is 1.54. The lowest BCUT2D eigenvalue weighted by atomic mass is 10.3. The average molecular weight is 168 g/mol. The van der Waals surface area contributed by atoms with Crippen LogP contribution in [-0.2, 0) is 11.3 Å². The summed E-state index contributed by atoms with van der Waals surface area (Å²) < 4.78 is 1.65. The molecule has 1 amide bonds. The number of amides is 1. The van der Waals surface area contributed by atoms with Crippen LogP contribution in [0, 0.1) is 0 Å². The Bertz CT molecular complexity index is 279. The van der Waals surface area contributed by atoms with Crippen molar-refractivity contribution in [1.82, 2.24) is 9.55 Å². The van der Waals surface area contributed by atoms with Crippen molar-refractivity contribution in [2.45, 2.75) is 19.5 Å². The van der Waals surface area contributed by atoms with Crippen LogP contribution < -0.4 is 11.5 Å². The fraction of sp³-hybridized carbons (Fsp3) is 0.429. The van der Waals surface area contributed by atoms with Gasteiger partial charge in [-0.3, -0.25) is 4.79 Å². The smallest absolute Gasteiger partial charge is 0.237 e. The maximum Gasteiger partial charge on any atom is 0.237 e. The molecule has 0 spiro atoms. The number of aromatic nitrogens is 2. The monoisotopic (exact) mass is 168 g/mol. The molecule has 0 aromatic carbocycles. The number of carbonyl (C=O) groups is 1. The van der Waals surface area contributed by atoms with Gasteiger partial charge in [0.25, 0.3) is 0 Å². The second-order valence-electron chi connectivity index (χ2n) is 2.70. The van der Waals surface area contributed by atoms with Gasteiger partial charge in [0.2, 0.25) is 5.91 Å². The first-order valence-electron chi connectivity index (χ1n) is 3.65. The molecule has 1 rings (SSSR count). The zero-order chi connectivity index (χ0) is 9.14. The van der Waals surface area contributed by atoms with Gasteiger partial charge in [0.1, 0.15) is 6.54 Å². The Hall–Kier alpha value is -1.36. The Morgan fingerprint density at radius 1 is 1.83 bits per heavy atom. The van der Waals surface area contributed by atoms with Gasteiger partial charge in [0, 0.05) is 12.2 Å². The normalized spacial score (nSPS) is 12.8. The van der Waals surface area contributed by atoms with E-state index < -0.39 is 5.91 Å². The lowest BCUT2D eigenvalue weighted by Crippen LogP contribution is -2.21. The molecule has 1 atom stereocenters. The molecule has 1 heterocycles. The van der Waals surface area contributed by atoms with E-state index in [0.717, 1.165) is 5.69 Å². The summed E-state index contributed by atoms with van der Waals surface area (Å²) in [6.07, 6.45) is 3.18. The maximum absolute atomic E-state index is 10.6. The van der Waals surface area contributed by atoms with Crippen LogP contribution in [0.5, 0.6) is 0 Å². The molecule has 0 radical (unpaired) electrons. The number of carbonyl (C=O) groups excluding carboxylic acids is 1. The van der Waals surface area contributed by atoms with Gasteiger partial charge in [0.15, 0.2) is 0 Å². The molecule has 0 unspecified atom stereocenters. The molecule has 66 valence electrons. The Morgan fingerprint density at radius 3 is 3.00 bits per heavy atom. The molecule has 0 fully saturated rings. The number of hydrogen-bond donors (Lipinski definition) is 2. The van der Waals surface area contributed by atoms with Crippen LogP contribution in [0.1, 0.15) is 18.7 Å². The fourth-order valence-corrected chi connectivity index (χ4v) is 1.01. The van der Waals surface area contributed by atoms with E-state index in [-0.39, 0.29) is 12.6 Å². The van der Waals surface area contributed by atoms with E-state index in [1.54, 1.807) is 17.1 Å². The van der Waals surface area contributed by atoms with Gasteiger partial charge >= 0.3 is 0 Å². The second kappa shape index (κ2) is 3.36. The Labute approximate surface area is 70.4 Å². The van der Waals surface area contributed by atoms with Crippen molar-refractivity contribution in [3.63, 3.8) is 0 Å². The van der Waals surface area contributed by atoms with Crippen molar-refractivity contribution in [2.24, 2.45) is 11.5 Å². The van der Waals surface area contributed by atoms with Crippen molar-refractivity contribution in [1.29, 1.82) is 0 Å². The van der Waals surface area contributed by atoms with Gasteiger partial charge < -0.3 is 16.0 Å². The van der Waals surface area contributed by atoms with Crippen LogP contribution in [-0.4, -0.2) is 15.5 Å². The topological polar surface area (TPSA) is 86.9 Å². The number of hydrogen-bond acceptors (Lipinski definition) is 3. The molecule has 0 saturated heterocycles. The molecule has 12 heavy (non-hydrogen) atoms. The molecular formula is C7H12N4O. The van der Waals surface area contributed by atoms with Gasteiger partial charge in [-0.25, -0.2) is 4.98 Å². The third-order valence-corrected chi connectivity index (χ3v) is 1.54. The van der Waals surface area contributed by atoms with Crippen LogP contribution >= 0.6 is 0 Å². The van der Waals surface area contributed by atoms with E-state index in [1.807, 2.05) is 6.92 Å². The fourth-order valence-electron chi connectivity index (χ4n) is 1.01. The van der Waals surface area contributed by atoms with Crippen LogP contribution in [0.25, 0.3) is 0 Å². The standard InChI is InChI=1S/C7H12N4O/c1-5(8)6-2-10-4-11(6)3-7(9)12/h2,4-5H,3,8H2,1H3,(H2,9,12)/t5-/m1/s1. The number of rotatable bonds is 3. The minimum atomic E-state index is -0.394. The largest absolute Gasteiger partial charge is 0.368 e. The molecule has 4 N–H and O–H groups in total. The number of nitrogens with zero attached hydrogens (tertiary/aromatic N) is 2. The summed E-state index contributed by atoms with van der Waals surface area (Å²) in [5.41, 5.74) is 11.5. The summed E-state index contributed by atoms with van der Waals surface area (Å²) in [4.78, 5) is 14.4. The van der Waals surface area contributed by atoms with Crippen LogP contribution in [0.3, 0.4) is 0 Å². The minimum absolute atomic E-state index is 0.133. The van der Waals surface area contributed by atoms with Crippen molar-refractivity contribution >= 4 is 5.91 Å². The summed E-state index contributed by atoms with van der Waals surface area (Å²) >= 11 is 0.